The second-order valence-corrected chi connectivity index (χ2v) is 4.83. The Labute approximate surface area is 92.3 Å². The van der Waals surface area contributed by atoms with Crippen LogP contribution in [0.1, 0.15) is 23.6 Å². The molecule has 1 unspecified atom stereocenters. The van der Waals surface area contributed by atoms with Gasteiger partial charge in [-0.3, -0.25) is 0 Å². The van der Waals surface area contributed by atoms with Gasteiger partial charge in [0.25, 0.3) is 0 Å². The minimum absolute atomic E-state index is 0.618. The molecule has 1 aliphatic rings. The van der Waals surface area contributed by atoms with Crippen molar-refractivity contribution < 1.29 is 0 Å². The zero-order valence-electron chi connectivity index (χ0n) is 9.88. The van der Waals surface area contributed by atoms with E-state index in [2.05, 4.69) is 49.4 Å². The zero-order valence-corrected chi connectivity index (χ0v) is 9.88. The summed E-state index contributed by atoms with van der Waals surface area (Å²) in [5.74, 6) is 0. The molecule has 1 N–H and O–H groups in total. The maximum atomic E-state index is 3.49. The van der Waals surface area contributed by atoms with Gasteiger partial charge in [-0.2, -0.15) is 0 Å². The molecule has 0 aromatic heterocycles. The van der Waals surface area contributed by atoms with Crippen LogP contribution >= 0.6 is 0 Å². The SMILES string of the molecule is CC1Cc2cc(CN(C)C)ccc2CN1. The van der Waals surface area contributed by atoms with E-state index >= 15 is 0 Å². The summed E-state index contributed by atoms with van der Waals surface area (Å²) >= 11 is 0. The van der Waals surface area contributed by atoms with Gasteiger partial charge >= 0.3 is 0 Å². The largest absolute Gasteiger partial charge is 0.310 e. The summed E-state index contributed by atoms with van der Waals surface area (Å²) in [6.45, 7) is 4.31. The second-order valence-electron chi connectivity index (χ2n) is 4.83. The van der Waals surface area contributed by atoms with E-state index in [-0.39, 0.29) is 0 Å². The van der Waals surface area contributed by atoms with E-state index in [1.807, 2.05) is 0 Å². The van der Waals surface area contributed by atoms with Crippen LogP contribution < -0.4 is 5.32 Å². The van der Waals surface area contributed by atoms with Crippen molar-refractivity contribution in [1.82, 2.24) is 10.2 Å². The Bertz CT molecular complexity index is 344. The second kappa shape index (κ2) is 4.33. The van der Waals surface area contributed by atoms with Crippen LogP contribution in [0.2, 0.25) is 0 Å². The molecule has 0 aliphatic carbocycles. The van der Waals surface area contributed by atoms with E-state index in [0.29, 0.717) is 6.04 Å². The molecule has 2 nitrogen and oxygen atoms in total. The Balaban J connectivity index is 2.20. The first kappa shape index (κ1) is 10.7. The highest BCUT2D eigenvalue weighted by molar-refractivity contribution is 5.34. The third kappa shape index (κ3) is 2.58. The normalized spacial score (nSPS) is 20.4. The molecular weight excluding hydrogens is 184 g/mol. The molecule has 1 aromatic carbocycles. The molecule has 2 heteroatoms. The summed E-state index contributed by atoms with van der Waals surface area (Å²) in [4.78, 5) is 2.21. The first-order valence-electron chi connectivity index (χ1n) is 5.64. The number of hydrogen-bond donors (Lipinski definition) is 1. The van der Waals surface area contributed by atoms with E-state index in [9.17, 15) is 0 Å². The van der Waals surface area contributed by atoms with Crippen LogP contribution in [-0.2, 0) is 19.5 Å². The number of benzene rings is 1. The number of rotatable bonds is 2. The van der Waals surface area contributed by atoms with Gasteiger partial charge in [0.1, 0.15) is 0 Å². The highest BCUT2D eigenvalue weighted by atomic mass is 15.0. The van der Waals surface area contributed by atoms with Gasteiger partial charge in [-0.25, -0.2) is 0 Å². The van der Waals surface area contributed by atoms with Crippen molar-refractivity contribution in [3.63, 3.8) is 0 Å². The van der Waals surface area contributed by atoms with E-state index in [0.717, 1.165) is 19.5 Å². The smallest absolute Gasteiger partial charge is 0.0227 e. The topological polar surface area (TPSA) is 15.3 Å². The molecular formula is C13H20N2. The van der Waals surface area contributed by atoms with Gasteiger partial charge in [0.2, 0.25) is 0 Å². The lowest BCUT2D eigenvalue weighted by Crippen LogP contribution is -2.32. The molecule has 0 radical (unpaired) electrons. The number of nitrogens with one attached hydrogen (secondary N) is 1. The molecule has 15 heavy (non-hydrogen) atoms. The average molecular weight is 204 g/mol. The van der Waals surface area contributed by atoms with Gasteiger partial charge in [-0.1, -0.05) is 18.2 Å². The summed E-state index contributed by atoms with van der Waals surface area (Å²) in [7, 11) is 4.23. The van der Waals surface area contributed by atoms with Gasteiger partial charge < -0.3 is 10.2 Å². The number of fused-ring (bicyclic) bond motifs is 1. The number of hydrogen-bond acceptors (Lipinski definition) is 2. The van der Waals surface area contributed by atoms with E-state index in [1.54, 1.807) is 0 Å². The average Bonchev–Trinajstić information content (AvgIpc) is 2.16. The fourth-order valence-corrected chi connectivity index (χ4v) is 2.19. The molecule has 0 amide bonds. The third-order valence-electron chi connectivity index (χ3n) is 2.94. The Hall–Kier alpha value is -0.860. The van der Waals surface area contributed by atoms with Crippen molar-refractivity contribution in [3.05, 3.63) is 34.9 Å². The van der Waals surface area contributed by atoms with Gasteiger partial charge in [0.15, 0.2) is 0 Å². The lowest BCUT2D eigenvalue weighted by molar-refractivity contribution is 0.402. The molecule has 2 rings (SSSR count). The maximum absolute atomic E-state index is 3.49. The van der Waals surface area contributed by atoms with Crippen LogP contribution in [0.15, 0.2) is 18.2 Å². The molecule has 0 bridgehead atoms. The lowest BCUT2D eigenvalue weighted by atomic mass is 9.94. The van der Waals surface area contributed by atoms with Crippen LogP contribution in [0.3, 0.4) is 0 Å². The molecule has 1 aromatic rings. The van der Waals surface area contributed by atoms with Crippen LogP contribution in [0.25, 0.3) is 0 Å². The molecule has 0 saturated heterocycles. The van der Waals surface area contributed by atoms with Crippen LogP contribution in [0.5, 0.6) is 0 Å². The predicted octanol–water partition coefficient (Wildman–Crippen LogP) is 1.78. The van der Waals surface area contributed by atoms with Gasteiger partial charge in [0, 0.05) is 19.1 Å². The summed E-state index contributed by atoms with van der Waals surface area (Å²) in [5.41, 5.74) is 4.42. The quantitative estimate of drug-likeness (QED) is 0.790. The van der Waals surface area contributed by atoms with Crippen molar-refractivity contribution in [2.75, 3.05) is 14.1 Å². The standard InChI is InChI=1S/C13H20N2/c1-10-6-13-7-11(9-15(2)3)4-5-12(13)8-14-10/h4-5,7,10,14H,6,8-9H2,1-3H3. The Morgan fingerprint density at radius 1 is 1.33 bits per heavy atom. The monoisotopic (exact) mass is 204 g/mol. The van der Waals surface area contributed by atoms with Crippen molar-refractivity contribution >= 4 is 0 Å². The van der Waals surface area contributed by atoms with Gasteiger partial charge in [0.05, 0.1) is 0 Å². The summed E-state index contributed by atoms with van der Waals surface area (Å²) in [6, 6.07) is 7.50. The van der Waals surface area contributed by atoms with Crippen molar-refractivity contribution in [2.24, 2.45) is 0 Å². The van der Waals surface area contributed by atoms with E-state index in [4.69, 9.17) is 0 Å². The van der Waals surface area contributed by atoms with Crippen LogP contribution in [0.4, 0.5) is 0 Å². The van der Waals surface area contributed by atoms with Crippen LogP contribution in [-0.4, -0.2) is 25.0 Å². The van der Waals surface area contributed by atoms with E-state index < -0.39 is 0 Å². The lowest BCUT2D eigenvalue weighted by Gasteiger charge is -2.24. The molecule has 1 atom stereocenters. The summed E-state index contributed by atoms with van der Waals surface area (Å²) in [5, 5.41) is 3.49. The molecule has 0 fully saturated rings. The van der Waals surface area contributed by atoms with Crippen LogP contribution in [0, 0.1) is 0 Å². The Morgan fingerprint density at radius 3 is 2.87 bits per heavy atom. The first-order chi connectivity index (χ1) is 7.15. The summed E-state index contributed by atoms with van der Waals surface area (Å²) in [6.07, 6.45) is 1.16. The molecule has 82 valence electrons. The highest BCUT2D eigenvalue weighted by Crippen LogP contribution is 2.18. The molecule has 1 aliphatic heterocycles. The summed E-state index contributed by atoms with van der Waals surface area (Å²) < 4.78 is 0. The fraction of sp³-hybridized carbons (Fsp3) is 0.538. The molecule has 1 heterocycles. The van der Waals surface area contributed by atoms with E-state index in [1.165, 1.54) is 16.7 Å². The Kier molecular flexibility index (Phi) is 3.08. The molecule has 0 spiro atoms. The molecule has 0 saturated carbocycles. The van der Waals surface area contributed by atoms with Crippen molar-refractivity contribution in [2.45, 2.75) is 32.5 Å². The minimum atomic E-state index is 0.618. The minimum Gasteiger partial charge on any atom is -0.310 e. The van der Waals surface area contributed by atoms with Crippen molar-refractivity contribution in [1.29, 1.82) is 0 Å². The van der Waals surface area contributed by atoms with Crippen molar-refractivity contribution in [3.8, 4) is 0 Å². The third-order valence-corrected chi connectivity index (χ3v) is 2.94. The first-order valence-corrected chi connectivity index (χ1v) is 5.64. The Morgan fingerprint density at radius 2 is 2.13 bits per heavy atom. The van der Waals surface area contributed by atoms with Gasteiger partial charge in [-0.15, -0.1) is 0 Å². The zero-order chi connectivity index (χ0) is 10.8. The predicted molar refractivity (Wildman–Crippen MR) is 63.8 cm³/mol. The van der Waals surface area contributed by atoms with Gasteiger partial charge in [-0.05, 0) is 44.1 Å². The number of nitrogens with zero attached hydrogens (tertiary/aromatic N) is 1. The fourth-order valence-electron chi connectivity index (χ4n) is 2.19. The maximum Gasteiger partial charge on any atom is 0.0227 e. The highest BCUT2D eigenvalue weighted by Gasteiger charge is 2.14.